The van der Waals surface area contributed by atoms with Gasteiger partial charge < -0.3 is 15.0 Å². The first-order chi connectivity index (χ1) is 8.26. The van der Waals surface area contributed by atoms with E-state index >= 15 is 0 Å². The van der Waals surface area contributed by atoms with Crippen molar-refractivity contribution < 1.29 is 9.53 Å². The van der Waals surface area contributed by atoms with E-state index in [0.29, 0.717) is 25.0 Å². The van der Waals surface area contributed by atoms with Gasteiger partial charge in [-0.2, -0.15) is 0 Å². The highest BCUT2D eigenvalue weighted by atomic mass is 16.5. The van der Waals surface area contributed by atoms with Gasteiger partial charge >= 0.3 is 0 Å². The number of carbonyl (C=O) groups is 1. The molecule has 2 heterocycles. The van der Waals surface area contributed by atoms with Crippen LogP contribution >= 0.6 is 0 Å². The first kappa shape index (κ1) is 12.8. The van der Waals surface area contributed by atoms with Crippen molar-refractivity contribution in [3.8, 4) is 0 Å². The van der Waals surface area contributed by atoms with Gasteiger partial charge in [0.2, 0.25) is 5.91 Å². The molecular weight excluding hydrogens is 216 g/mol. The van der Waals surface area contributed by atoms with E-state index in [2.05, 4.69) is 5.32 Å². The molecule has 17 heavy (non-hydrogen) atoms. The molecule has 98 valence electrons. The van der Waals surface area contributed by atoms with E-state index < -0.39 is 0 Å². The Balaban J connectivity index is 1.72. The fraction of sp³-hybridized carbons (Fsp3) is 0.923. The number of rotatable bonds is 4. The second-order valence-electron chi connectivity index (χ2n) is 5.25. The Labute approximate surface area is 104 Å². The summed E-state index contributed by atoms with van der Waals surface area (Å²) in [6.45, 7) is 7.40. The van der Waals surface area contributed by atoms with Crippen LogP contribution in [0, 0.1) is 5.41 Å². The molecule has 2 rings (SSSR count). The van der Waals surface area contributed by atoms with Gasteiger partial charge in [-0.3, -0.25) is 4.79 Å². The second kappa shape index (κ2) is 5.83. The number of nitrogens with zero attached hydrogens (tertiary/aromatic N) is 1. The van der Waals surface area contributed by atoms with Gasteiger partial charge in [0.1, 0.15) is 0 Å². The third-order valence-electron chi connectivity index (χ3n) is 4.17. The lowest BCUT2D eigenvalue weighted by Gasteiger charge is -2.38. The molecule has 4 nitrogen and oxygen atoms in total. The molecule has 2 saturated heterocycles. The lowest BCUT2D eigenvalue weighted by atomic mass is 9.78. The fourth-order valence-corrected chi connectivity index (χ4v) is 2.91. The highest BCUT2D eigenvalue weighted by Crippen LogP contribution is 2.36. The monoisotopic (exact) mass is 240 g/mol. The Morgan fingerprint density at radius 3 is 2.71 bits per heavy atom. The van der Waals surface area contributed by atoms with Crippen LogP contribution in [0.4, 0.5) is 0 Å². The van der Waals surface area contributed by atoms with Crippen molar-refractivity contribution >= 4 is 5.91 Å². The first-order valence-corrected chi connectivity index (χ1v) is 6.82. The minimum absolute atomic E-state index is 0.263. The van der Waals surface area contributed by atoms with Crippen LogP contribution in [-0.4, -0.2) is 50.2 Å². The normalized spacial score (nSPS) is 23.2. The van der Waals surface area contributed by atoms with Crippen molar-refractivity contribution in [2.45, 2.75) is 32.6 Å². The van der Waals surface area contributed by atoms with Crippen LogP contribution in [0.1, 0.15) is 32.6 Å². The summed E-state index contributed by atoms with van der Waals surface area (Å²) in [6.07, 6.45) is 4.16. The maximum Gasteiger partial charge on any atom is 0.224 e. The van der Waals surface area contributed by atoms with Gasteiger partial charge in [-0.25, -0.2) is 0 Å². The highest BCUT2D eigenvalue weighted by molar-refractivity contribution is 5.76. The van der Waals surface area contributed by atoms with Crippen molar-refractivity contribution in [2.75, 3.05) is 39.4 Å². The molecule has 0 bridgehead atoms. The average Bonchev–Trinajstić information content (AvgIpc) is 2.79. The zero-order chi connectivity index (χ0) is 12.1. The summed E-state index contributed by atoms with van der Waals surface area (Å²) in [5.74, 6) is 0.263. The number of hydrogen-bond donors (Lipinski definition) is 1. The van der Waals surface area contributed by atoms with E-state index in [4.69, 9.17) is 4.74 Å². The van der Waals surface area contributed by atoms with Crippen molar-refractivity contribution in [2.24, 2.45) is 5.41 Å². The molecule has 2 fully saturated rings. The van der Waals surface area contributed by atoms with E-state index in [1.807, 2.05) is 11.8 Å². The van der Waals surface area contributed by atoms with Crippen molar-refractivity contribution in [1.82, 2.24) is 10.2 Å². The summed E-state index contributed by atoms with van der Waals surface area (Å²) in [4.78, 5) is 13.9. The van der Waals surface area contributed by atoms with Crippen LogP contribution in [0.2, 0.25) is 0 Å². The largest absolute Gasteiger partial charge is 0.381 e. The molecule has 0 radical (unpaired) electrons. The van der Waals surface area contributed by atoms with Crippen molar-refractivity contribution in [3.05, 3.63) is 0 Å². The number of piperidine rings is 1. The molecule has 0 aliphatic carbocycles. The maximum atomic E-state index is 11.9. The summed E-state index contributed by atoms with van der Waals surface area (Å²) in [6, 6.07) is 0. The van der Waals surface area contributed by atoms with E-state index in [0.717, 1.165) is 26.2 Å². The summed E-state index contributed by atoms with van der Waals surface area (Å²) >= 11 is 0. The average molecular weight is 240 g/mol. The Bertz CT molecular complexity index is 252. The predicted octanol–water partition coefficient (Wildman–Crippen LogP) is 1.02. The first-order valence-electron chi connectivity index (χ1n) is 6.82. The van der Waals surface area contributed by atoms with Crippen LogP contribution in [0.25, 0.3) is 0 Å². The van der Waals surface area contributed by atoms with E-state index in [-0.39, 0.29) is 5.91 Å². The summed E-state index contributed by atoms with van der Waals surface area (Å²) in [5.41, 5.74) is 0.497. The SMILES string of the molecule is CCOCCC(=O)N1CCC2(CCNC2)CC1. The van der Waals surface area contributed by atoms with Crippen LogP contribution in [0.5, 0.6) is 0 Å². The number of likely N-dealkylation sites (tertiary alicyclic amines) is 1. The van der Waals surface area contributed by atoms with Crippen LogP contribution in [0.15, 0.2) is 0 Å². The molecule has 0 saturated carbocycles. The Morgan fingerprint density at radius 2 is 2.12 bits per heavy atom. The lowest BCUT2D eigenvalue weighted by Crippen LogP contribution is -2.44. The van der Waals surface area contributed by atoms with Gasteiger partial charge in [0.15, 0.2) is 0 Å². The molecule has 2 aliphatic rings. The quantitative estimate of drug-likeness (QED) is 0.746. The number of nitrogens with one attached hydrogen (secondary N) is 1. The number of amides is 1. The number of hydrogen-bond acceptors (Lipinski definition) is 3. The molecule has 2 aliphatic heterocycles. The van der Waals surface area contributed by atoms with Crippen LogP contribution in [0.3, 0.4) is 0 Å². The van der Waals surface area contributed by atoms with Gasteiger partial charge in [-0.1, -0.05) is 0 Å². The zero-order valence-electron chi connectivity index (χ0n) is 10.8. The Morgan fingerprint density at radius 1 is 1.35 bits per heavy atom. The number of ether oxygens (including phenoxy) is 1. The highest BCUT2D eigenvalue weighted by Gasteiger charge is 2.37. The van der Waals surface area contributed by atoms with Crippen LogP contribution in [-0.2, 0) is 9.53 Å². The van der Waals surface area contributed by atoms with Gasteiger partial charge in [0.25, 0.3) is 0 Å². The minimum Gasteiger partial charge on any atom is -0.381 e. The fourth-order valence-electron chi connectivity index (χ4n) is 2.91. The molecule has 0 aromatic carbocycles. The molecule has 4 heteroatoms. The van der Waals surface area contributed by atoms with E-state index in [9.17, 15) is 4.79 Å². The molecule has 0 unspecified atom stereocenters. The Kier molecular flexibility index (Phi) is 4.40. The topological polar surface area (TPSA) is 41.6 Å². The predicted molar refractivity (Wildman–Crippen MR) is 66.8 cm³/mol. The minimum atomic E-state index is 0.263. The van der Waals surface area contributed by atoms with Crippen LogP contribution < -0.4 is 5.32 Å². The number of carbonyl (C=O) groups excluding carboxylic acids is 1. The lowest BCUT2D eigenvalue weighted by molar-refractivity contribution is -0.134. The summed E-state index contributed by atoms with van der Waals surface area (Å²) in [5, 5.41) is 3.45. The third kappa shape index (κ3) is 3.19. The maximum absolute atomic E-state index is 11.9. The molecule has 1 spiro atoms. The molecule has 0 aromatic heterocycles. The van der Waals surface area contributed by atoms with Crippen molar-refractivity contribution in [1.29, 1.82) is 0 Å². The van der Waals surface area contributed by atoms with E-state index in [1.165, 1.54) is 19.3 Å². The molecule has 1 amide bonds. The van der Waals surface area contributed by atoms with Gasteiger partial charge in [0.05, 0.1) is 13.0 Å². The molecule has 1 N–H and O–H groups in total. The second-order valence-corrected chi connectivity index (χ2v) is 5.25. The smallest absolute Gasteiger partial charge is 0.224 e. The van der Waals surface area contributed by atoms with Gasteiger partial charge in [-0.05, 0) is 38.1 Å². The zero-order valence-corrected chi connectivity index (χ0v) is 10.8. The van der Waals surface area contributed by atoms with E-state index in [1.54, 1.807) is 0 Å². The standard InChI is InChI=1S/C13H24N2O2/c1-2-17-10-3-12(16)15-8-5-13(6-9-15)4-7-14-11-13/h14H,2-11H2,1H3. The molecule has 0 atom stereocenters. The third-order valence-corrected chi connectivity index (χ3v) is 4.17. The van der Waals surface area contributed by atoms with Gasteiger partial charge in [-0.15, -0.1) is 0 Å². The summed E-state index contributed by atoms with van der Waals surface area (Å²) < 4.78 is 5.23. The van der Waals surface area contributed by atoms with Crippen molar-refractivity contribution in [3.63, 3.8) is 0 Å². The van der Waals surface area contributed by atoms with Gasteiger partial charge in [0, 0.05) is 26.2 Å². The molecular formula is C13H24N2O2. The Hall–Kier alpha value is -0.610. The summed E-state index contributed by atoms with van der Waals surface area (Å²) in [7, 11) is 0. The molecule has 0 aromatic rings.